The van der Waals surface area contributed by atoms with Crippen LogP contribution in [0.2, 0.25) is 5.02 Å². The molecule has 0 aromatic heterocycles. The Morgan fingerprint density at radius 2 is 1.95 bits per heavy atom. The van der Waals surface area contributed by atoms with Crippen LogP contribution in [0.4, 0.5) is 0 Å². The number of sulfonamides is 1. The van der Waals surface area contributed by atoms with Crippen molar-refractivity contribution in [3.05, 3.63) is 63.1 Å². The van der Waals surface area contributed by atoms with Gasteiger partial charge in [0.05, 0.1) is 4.90 Å². The van der Waals surface area contributed by atoms with Gasteiger partial charge >= 0.3 is 0 Å². The van der Waals surface area contributed by atoms with E-state index in [0.717, 1.165) is 15.6 Å². The molecule has 0 atom stereocenters. The average molecular weight is 375 g/mol. The van der Waals surface area contributed by atoms with Crippen molar-refractivity contribution in [1.82, 2.24) is 4.72 Å². The Balaban J connectivity index is 2.17. The van der Waals surface area contributed by atoms with Crippen molar-refractivity contribution >= 4 is 37.6 Å². The third kappa shape index (κ3) is 3.82. The van der Waals surface area contributed by atoms with Crippen molar-refractivity contribution in [2.24, 2.45) is 0 Å². The zero-order valence-corrected chi connectivity index (χ0v) is 13.9. The summed E-state index contributed by atoms with van der Waals surface area (Å²) in [4.78, 5) is 0.250. The average Bonchev–Trinajstić information content (AvgIpc) is 2.40. The summed E-state index contributed by atoms with van der Waals surface area (Å²) in [6, 6.07) is 12.0. The quantitative estimate of drug-likeness (QED) is 0.882. The second kappa shape index (κ2) is 6.26. The number of rotatable bonds is 4. The Morgan fingerprint density at radius 1 is 1.20 bits per heavy atom. The van der Waals surface area contributed by atoms with E-state index in [4.69, 9.17) is 11.6 Å². The number of nitrogens with one attached hydrogen (secondary N) is 1. The molecule has 0 aliphatic rings. The molecule has 20 heavy (non-hydrogen) atoms. The summed E-state index contributed by atoms with van der Waals surface area (Å²) in [6.07, 6.45) is 0. The Bertz CT molecular complexity index is 732. The Kier molecular flexibility index (Phi) is 4.86. The fraction of sp³-hybridized carbons (Fsp3) is 0.143. The summed E-state index contributed by atoms with van der Waals surface area (Å²) in [5.41, 5.74) is 1.69. The first kappa shape index (κ1) is 15.5. The van der Waals surface area contributed by atoms with Crippen LogP contribution in [0.5, 0.6) is 0 Å². The molecule has 0 unspecified atom stereocenters. The lowest BCUT2D eigenvalue weighted by molar-refractivity contribution is 0.581. The predicted molar refractivity (Wildman–Crippen MR) is 84.4 cm³/mol. The Labute approximate surface area is 132 Å². The first-order valence-corrected chi connectivity index (χ1v) is 8.54. The van der Waals surface area contributed by atoms with Crippen LogP contribution in [-0.4, -0.2) is 8.42 Å². The molecule has 6 heteroatoms. The van der Waals surface area contributed by atoms with Crippen LogP contribution in [0.15, 0.2) is 51.8 Å². The largest absolute Gasteiger partial charge is 0.240 e. The van der Waals surface area contributed by atoms with Crippen molar-refractivity contribution in [2.75, 3.05) is 0 Å². The van der Waals surface area contributed by atoms with E-state index in [1.807, 2.05) is 13.0 Å². The van der Waals surface area contributed by atoms with Crippen molar-refractivity contribution in [3.8, 4) is 0 Å². The van der Waals surface area contributed by atoms with Crippen LogP contribution in [0, 0.1) is 6.92 Å². The van der Waals surface area contributed by atoms with Crippen LogP contribution in [0.3, 0.4) is 0 Å². The summed E-state index contributed by atoms with van der Waals surface area (Å²) in [5, 5.41) is 0.584. The second-order valence-electron chi connectivity index (χ2n) is 4.37. The highest BCUT2D eigenvalue weighted by Crippen LogP contribution is 2.20. The molecule has 0 saturated heterocycles. The lowest BCUT2D eigenvalue weighted by Gasteiger charge is -2.08. The monoisotopic (exact) mass is 373 g/mol. The van der Waals surface area contributed by atoms with E-state index < -0.39 is 10.0 Å². The number of halogens is 2. The van der Waals surface area contributed by atoms with Crippen LogP contribution in [-0.2, 0) is 16.6 Å². The number of benzene rings is 2. The summed E-state index contributed by atoms with van der Waals surface area (Å²) in [5.74, 6) is 0. The standard InChI is InChI=1S/C14H13BrClNO2S/c1-10-7-13(5-6-14(10)15)20(18,19)17-9-11-3-2-4-12(16)8-11/h2-8,17H,9H2,1H3. The normalized spacial score (nSPS) is 11.6. The molecule has 1 N–H and O–H groups in total. The first-order valence-electron chi connectivity index (χ1n) is 5.89. The van der Waals surface area contributed by atoms with Crippen molar-refractivity contribution in [2.45, 2.75) is 18.4 Å². The first-order chi connectivity index (χ1) is 9.38. The highest BCUT2D eigenvalue weighted by molar-refractivity contribution is 9.10. The fourth-order valence-corrected chi connectivity index (χ4v) is 3.25. The van der Waals surface area contributed by atoms with Gasteiger partial charge in [-0.2, -0.15) is 0 Å². The van der Waals surface area contributed by atoms with E-state index in [0.29, 0.717) is 5.02 Å². The molecule has 0 spiro atoms. The van der Waals surface area contributed by atoms with Crippen LogP contribution in [0.1, 0.15) is 11.1 Å². The predicted octanol–water partition coefficient (Wildman–Crippen LogP) is 3.89. The van der Waals surface area contributed by atoms with Gasteiger partial charge in [-0.3, -0.25) is 0 Å². The molecular formula is C14H13BrClNO2S. The maximum Gasteiger partial charge on any atom is 0.240 e. The second-order valence-corrected chi connectivity index (χ2v) is 7.42. The van der Waals surface area contributed by atoms with E-state index >= 15 is 0 Å². The maximum atomic E-state index is 12.2. The summed E-state index contributed by atoms with van der Waals surface area (Å²) in [6.45, 7) is 2.05. The van der Waals surface area contributed by atoms with Crippen LogP contribution >= 0.6 is 27.5 Å². The van der Waals surface area contributed by atoms with Gasteiger partial charge in [0.25, 0.3) is 0 Å². The van der Waals surface area contributed by atoms with E-state index in [-0.39, 0.29) is 11.4 Å². The SMILES string of the molecule is Cc1cc(S(=O)(=O)NCc2cccc(Cl)c2)ccc1Br. The Hall–Kier alpha value is -0.880. The molecule has 0 saturated carbocycles. The van der Waals surface area contributed by atoms with Gasteiger partial charge in [0, 0.05) is 16.0 Å². The molecule has 0 bridgehead atoms. The van der Waals surface area contributed by atoms with E-state index in [9.17, 15) is 8.42 Å². The summed E-state index contributed by atoms with van der Waals surface area (Å²) in [7, 11) is -3.52. The van der Waals surface area contributed by atoms with Gasteiger partial charge in [-0.15, -0.1) is 0 Å². The van der Waals surface area contributed by atoms with Gasteiger partial charge in [0.2, 0.25) is 10.0 Å². The van der Waals surface area contributed by atoms with Gasteiger partial charge < -0.3 is 0 Å². The number of aryl methyl sites for hydroxylation is 1. The lowest BCUT2D eigenvalue weighted by atomic mass is 10.2. The molecule has 2 aromatic carbocycles. The smallest absolute Gasteiger partial charge is 0.207 e. The third-order valence-corrected chi connectivity index (χ3v) is 5.32. The maximum absolute atomic E-state index is 12.2. The third-order valence-electron chi connectivity index (χ3n) is 2.80. The lowest BCUT2D eigenvalue weighted by Crippen LogP contribution is -2.23. The van der Waals surface area contributed by atoms with Gasteiger partial charge in [0.1, 0.15) is 0 Å². The molecule has 2 aromatic rings. The molecular weight excluding hydrogens is 362 g/mol. The minimum absolute atomic E-state index is 0.206. The minimum atomic E-state index is -3.52. The molecule has 0 fully saturated rings. The number of hydrogen-bond acceptors (Lipinski definition) is 2. The highest BCUT2D eigenvalue weighted by atomic mass is 79.9. The minimum Gasteiger partial charge on any atom is -0.207 e. The molecule has 0 amide bonds. The molecule has 0 aliphatic carbocycles. The fourth-order valence-electron chi connectivity index (χ4n) is 1.69. The zero-order valence-electron chi connectivity index (χ0n) is 10.7. The van der Waals surface area contributed by atoms with Crippen molar-refractivity contribution in [1.29, 1.82) is 0 Å². The van der Waals surface area contributed by atoms with E-state index in [1.54, 1.807) is 36.4 Å². The van der Waals surface area contributed by atoms with Crippen LogP contribution in [0.25, 0.3) is 0 Å². The van der Waals surface area contributed by atoms with Gasteiger partial charge in [-0.05, 0) is 48.4 Å². The van der Waals surface area contributed by atoms with Gasteiger partial charge in [-0.25, -0.2) is 13.1 Å². The van der Waals surface area contributed by atoms with E-state index in [2.05, 4.69) is 20.7 Å². The molecule has 0 radical (unpaired) electrons. The van der Waals surface area contributed by atoms with E-state index in [1.165, 1.54) is 0 Å². The summed E-state index contributed by atoms with van der Waals surface area (Å²) >= 11 is 9.22. The number of hydrogen-bond donors (Lipinski definition) is 1. The topological polar surface area (TPSA) is 46.2 Å². The molecule has 0 heterocycles. The van der Waals surface area contributed by atoms with Crippen LogP contribution < -0.4 is 4.72 Å². The summed E-state index contributed by atoms with van der Waals surface area (Å²) < 4.78 is 27.8. The molecule has 2 rings (SSSR count). The molecule has 106 valence electrons. The van der Waals surface area contributed by atoms with Gasteiger partial charge in [-0.1, -0.05) is 39.7 Å². The van der Waals surface area contributed by atoms with Crippen molar-refractivity contribution in [3.63, 3.8) is 0 Å². The van der Waals surface area contributed by atoms with Crippen molar-refractivity contribution < 1.29 is 8.42 Å². The zero-order chi connectivity index (χ0) is 14.8. The Morgan fingerprint density at radius 3 is 2.60 bits per heavy atom. The highest BCUT2D eigenvalue weighted by Gasteiger charge is 2.14. The van der Waals surface area contributed by atoms with Gasteiger partial charge in [0.15, 0.2) is 0 Å². The molecule has 0 aliphatic heterocycles. The molecule has 3 nitrogen and oxygen atoms in total.